The van der Waals surface area contributed by atoms with Crippen molar-refractivity contribution in [1.29, 1.82) is 0 Å². The molecular weight excluding hydrogens is 317 g/mol. The molecule has 22 heavy (non-hydrogen) atoms. The van der Waals surface area contributed by atoms with Crippen LogP contribution in [0, 0.1) is 0 Å². The first-order valence-corrected chi connectivity index (χ1v) is 6.78. The second kappa shape index (κ2) is 6.10. The lowest BCUT2D eigenvalue weighted by Crippen LogP contribution is -2.32. The molecule has 2 nitrogen and oxygen atoms in total. The molecule has 2 rings (SSSR count). The minimum Gasteiger partial charge on any atom is -0.376 e. The molecule has 6 heteroatoms. The number of carbonyl (C=O) groups excluding carboxylic acids is 1. The normalized spacial score (nSPS) is 15.9. The zero-order valence-electron chi connectivity index (χ0n) is 11.2. The van der Waals surface area contributed by atoms with E-state index in [1.54, 1.807) is 18.2 Å². The highest BCUT2D eigenvalue weighted by molar-refractivity contribution is 6.22. The van der Waals surface area contributed by atoms with Crippen LogP contribution in [0.3, 0.4) is 0 Å². The maximum absolute atomic E-state index is 12.8. The Morgan fingerprint density at radius 3 is 2.14 bits per heavy atom. The van der Waals surface area contributed by atoms with Gasteiger partial charge in [0, 0.05) is 0 Å². The number of aldehydes is 1. The summed E-state index contributed by atoms with van der Waals surface area (Å²) >= 11 is 6.12. The molecule has 0 spiro atoms. The Morgan fingerprint density at radius 2 is 1.59 bits per heavy atom. The molecule has 2 aromatic rings. The second-order valence-electron chi connectivity index (χ2n) is 4.79. The zero-order chi connectivity index (χ0) is 16.4. The first-order chi connectivity index (χ1) is 10.3. The molecule has 2 atom stereocenters. The number of rotatable bonds is 4. The third-order valence-corrected chi connectivity index (χ3v) is 3.89. The number of alkyl halides is 4. The molecular formula is C16H12ClF3O2. The molecule has 0 bridgehead atoms. The van der Waals surface area contributed by atoms with Gasteiger partial charge in [0.25, 0.3) is 0 Å². The van der Waals surface area contributed by atoms with Crippen LogP contribution in [-0.2, 0) is 16.6 Å². The molecule has 116 valence electrons. The van der Waals surface area contributed by atoms with Gasteiger partial charge in [-0.15, -0.1) is 11.6 Å². The Morgan fingerprint density at radius 1 is 1.00 bits per heavy atom. The van der Waals surface area contributed by atoms with Gasteiger partial charge in [-0.3, -0.25) is 4.79 Å². The fourth-order valence-corrected chi connectivity index (χ4v) is 2.42. The van der Waals surface area contributed by atoms with Crippen LogP contribution >= 0.6 is 11.6 Å². The number of hydrogen-bond acceptors (Lipinski definition) is 2. The van der Waals surface area contributed by atoms with Crippen LogP contribution < -0.4 is 0 Å². The summed E-state index contributed by atoms with van der Waals surface area (Å²) in [6.07, 6.45) is -4.29. The topological polar surface area (TPSA) is 37.3 Å². The standard InChI is InChI=1S/C16H12ClF3O2/c17-14(11-5-4-8-13(9-11)16(18,19)20)15(22,10-21)12-6-2-1-3-7-12/h1-10,14,22H. The predicted molar refractivity (Wildman–Crippen MR) is 76.4 cm³/mol. The van der Waals surface area contributed by atoms with Gasteiger partial charge in [-0.1, -0.05) is 48.5 Å². The van der Waals surface area contributed by atoms with Crippen molar-refractivity contribution in [3.8, 4) is 0 Å². The van der Waals surface area contributed by atoms with Gasteiger partial charge in [0.2, 0.25) is 0 Å². The van der Waals surface area contributed by atoms with Gasteiger partial charge in [0.1, 0.15) is 0 Å². The Balaban J connectivity index is 2.46. The van der Waals surface area contributed by atoms with Crippen molar-refractivity contribution in [2.45, 2.75) is 17.2 Å². The summed E-state index contributed by atoms with van der Waals surface area (Å²) in [4.78, 5) is 11.4. The van der Waals surface area contributed by atoms with Gasteiger partial charge < -0.3 is 5.11 Å². The SMILES string of the molecule is O=CC(O)(c1ccccc1)C(Cl)c1cccc(C(F)(F)F)c1. The van der Waals surface area contributed by atoms with Crippen LogP contribution in [0.5, 0.6) is 0 Å². The first kappa shape index (κ1) is 16.5. The summed E-state index contributed by atoms with van der Waals surface area (Å²) in [6, 6.07) is 12.1. The van der Waals surface area contributed by atoms with Crippen LogP contribution in [0.1, 0.15) is 22.1 Å². The van der Waals surface area contributed by atoms with Gasteiger partial charge in [-0.25, -0.2) is 0 Å². The lowest BCUT2D eigenvalue weighted by Gasteiger charge is -2.28. The Hall–Kier alpha value is -1.85. The maximum Gasteiger partial charge on any atom is 0.416 e. The Bertz CT molecular complexity index is 658. The van der Waals surface area contributed by atoms with E-state index in [4.69, 9.17) is 11.6 Å². The average Bonchev–Trinajstić information content (AvgIpc) is 2.53. The second-order valence-corrected chi connectivity index (χ2v) is 5.23. The molecule has 0 amide bonds. The molecule has 0 aliphatic rings. The van der Waals surface area contributed by atoms with Gasteiger partial charge in [0.15, 0.2) is 11.9 Å². The zero-order valence-corrected chi connectivity index (χ0v) is 12.0. The number of aliphatic hydroxyl groups is 1. The lowest BCUT2D eigenvalue weighted by molar-refractivity contribution is -0.137. The summed E-state index contributed by atoms with van der Waals surface area (Å²) in [5.41, 5.74) is -2.79. The van der Waals surface area contributed by atoms with E-state index < -0.39 is 22.7 Å². The van der Waals surface area contributed by atoms with Crippen LogP contribution in [0.2, 0.25) is 0 Å². The van der Waals surface area contributed by atoms with Gasteiger partial charge >= 0.3 is 6.18 Å². The Kier molecular flexibility index (Phi) is 4.58. The molecule has 0 heterocycles. The molecule has 0 aromatic heterocycles. The molecule has 0 aliphatic carbocycles. The van der Waals surface area contributed by atoms with Gasteiger partial charge in [-0.2, -0.15) is 13.2 Å². The minimum absolute atomic E-state index is 0.00921. The first-order valence-electron chi connectivity index (χ1n) is 6.34. The van der Waals surface area contributed by atoms with Gasteiger partial charge in [0.05, 0.1) is 10.9 Å². The molecule has 0 fully saturated rings. The van der Waals surface area contributed by atoms with E-state index in [0.29, 0.717) is 0 Å². The largest absolute Gasteiger partial charge is 0.416 e. The van der Waals surface area contributed by atoms with E-state index in [9.17, 15) is 23.1 Å². The minimum atomic E-state index is -4.53. The third kappa shape index (κ3) is 3.15. The maximum atomic E-state index is 12.8. The highest BCUT2D eigenvalue weighted by Crippen LogP contribution is 2.40. The van der Waals surface area contributed by atoms with E-state index in [1.165, 1.54) is 24.3 Å². The van der Waals surface area contributed by atoms with Crippen LogP contribution in [0.4, 0.5) is 13.2 Å². The van der Waals surface area contributed by atoms with Gasteiger partial charge in [-0.05, 0) is 17.2 Å². The molecule has 0 saturated carbocycles. The van der Waals surface area contributed by atoms with E-state index in [0.717, 1.165) is 12.1 Å². The van der Waals surface area contributed by atoms with E-state index >= 15 is 0 Å². The number of hydrogen-bond donors (Lipinski definition) is 1. The quantitative estimate of drug-likeness (QED) is 0.678. The molecule has 2 aromatic carbocycles. The predicted octanol–water partition coefficient (Wildman–Crippen LogP) is 4.07. The molecule has 1 N–H and O–H groups in total. The fraction of sp³-hybridized carbons (Fsp3) is 0.188. The summed E-state index contributed by atoms with van der Waals surface area (Å²) in [6.45, 7) is 0. The van der Waals surface area contributed by atoms with Crippen LogP contribution in [0.15, 0.2) is 54.6 Å². The van der Waals surface area contributed by atoms with Crippen LogP contribution in [0.25, 0.3) is 0 Å². The van der Waals surface area contributed by atoms with Crippen molar-refractivity contribution in [3.63, 3.8) is 0 Å². The monoisotopic (exact) mass is 328 g/mol. The fourth-order valence-electron chi connectivity index (χ4n) is 2.11. The molecule has 0 saturated heterocycles. The van der Waals surface area contributed by atoms with E-state index in [-0.39, 0.29) is 17.4 Å². The average molecular weight is 329 g/mol. The summed E-state index contributed by atoms with van der Waals surface area (Å²) < 4.78 is 38.3. The highest BCUT2D eigenvalue weighted by atomic mass is 35.5. The van der Waals surface area contributed by atoms with Crippen molar-refractivity contribution in [2.75, 3.05) is 0 Å². The van der Waals surface area contributed by atoms with Crippen LogP contribution in [-0.4, -0.2) is 11.4 Å². The third-order valence-electron chi connectivity index (χ3n) is 3.31. The van der Waals surface area contributed by atoms with E-state index in [2.05, 4.69) is 0 Å². The summed E-state index contributed by atoms with van der Waals surface area (Å²) in [7, 11) is 0. The smallest absolute Gasteiger partial charge is 0.376 e. The van der Waals surface area contributed by atoms with Crippen molar-refractivity contribution in [3.05, 3.63) is 71.3 Å². The Labute approximate surface area is 130 Å². The highest BCUT2D eigenvalue weighted by Gasteiger charge is 2.39. The van der Waals surface area contributed by atoms with Crippen molar-refractivity contribution in [1.82, 2.24) is 0 Å². The molecule has 0 aliphatic heterocycles. The lowest BCUT2D eigenvalue weighted by atomic mass is 9.87. The number of halogens is 4. The number of carbonyl (C=O) groups is 1. The number of benzene rings is 2. The summed E-state index contributed by atoms with van der Waals surface area (Å²) in [5, 5.41) is 9.17. The molecule has 0 radical (unpaired) electrons. The van der Waals surface area contributed by atoms with E-state index in [1.807, 2.05) is 0 Å². The van der Waals surface area contributed by atoms with Crippen molar-refractivity contribution in [2.24, 2.45) is 0 Å². The molecule has 2 unspecified atom stereocenters. The van der Waals surface area contributed by atoms with Crippen molar-refractivity contribution < 1.29 is 23.1 Å². The van der Waals surface area contributed by atoms with Crippen molar-refractivity contribution >= 4 is 17.9 Å². The summed E-state index contributed by atoms with van der Waals surface area (Å²) in [5.74, 6) is 0.